The molecule has 0 saturated carbocycles. The number of ether oxygens (including phenoxy) is 1. The summed E-state index contributed by atoms with van der Waals surface area (Å²) in [6, 6.07) is 10.9. The number of aromatic amines is 1. The van der Waals surface area contributed by atoms with Crippen molar-refractivity contribution in [2.24, 2.45) is 5.10 Å². The minimum absolute atomic E-state index is 0.162. The molecule has 0 atom stereocenters. The maximum atomic E-state index is 13.2. The van der Waals surface area contributed by atoms with Gasteiger partial charge in [0.2, 0.25) is 5.13 Å². The zero-order valence-electron chi connectivity index (χ0n) is 16.5. The number of thiazole rings is 1. The summed E-state index contributed by atoms with van der Waals surface area (Å²) in [5.74, 6) is -0.903. The summed E-state index contributed by atoms with van der Waals surface area (Å²) in [6.45, 7) is 1.59. The topological polar surface area (TPSA) is 118 Å². The second kappa shape index (κ2) is 8.66. The molecule has 3 heterocycles. The standard InChI is InChI=1S/C20H17N5O4S2/c1-11(22-23-18(27)15-8-5-9-30-15)17-13(10-16(26)29-2)24-25(19(17)28)20-21-12-6-3-4-7-14(12)31-20/h3-9,24H,10H2,1-2H3,(H,23,27). The molecule has 3 aromatic heterocycles. The molecule has 0 aliphatic heterocycles. The van der Waals surface area contributed by atoms with Gasteiger partial charge in [-0.3, -0.25) is 19.5 Å². The molecular formula is C20H17N5O4S2. The van der Waals surface area contributed by atoms with Crippen LogP contribution in [0.15, 0.2) is 51.7 Å². The third-order valence-corrected chi connectivity index (χ3v) is 6.31. The largest absolute Gasteiger partial charge is 0.469 e. The number of carbonyl (C=O) groups is 2. The lowest BCUT2D eigenvalue weighted by Gasteiger charge is -2.02. The van der Waals surface area contributed by atoms with Gasteiger partial charge in [-0.25, -0.2) is 10.4 Å². The molecule has 31 heavy (non-hydrogen) atoms. The van der Waals surface area contributed by atoms with Crippen molar-refractivity contribution in [2.45, 2.75) is 13.3 Å². The van der Waals surface area contributed by atoms with Gasteiger partial charge in [0, 0.05) is 0 Å². The van der Waals surface area contributed by atoms with Gasteiger partial charge < -0.3 is 4.74 Å². The number of hydrazone groups is 1. The first-order valence-corrected chi connectivity index (χ1v) is 10.8. The van der Waals surface area contributed by atoms with Crippen LogP contribution in [0.1, 0.15) is 27.9 Å². The maximum absolute atomic E-state index is 13.2. The third-order valence-electron chi connectivity index (χ3n) is 4.42. The van der Waals surface area contributed by atoms with Crippen LogP contribution in [0.3, 0.4) is 0 Å². The van der Waals surface area contributed by atoms with Crippen molar-refractivity contribution in [2.75, 3.05) is 7.11 Å². The number of rotatable bonds is 6. The van der Waals surface area contributed by atoms with Crippen molar-refractivity contribution in [3.05, 3.63) is 68.3 Å². The molecule has 0 radical (unpaired) electrons. The van der Waals surface area contributed by atoms with E-state index < -0.39 is 11.5 Å². The molecule has 158 valence electrons. The zero-order valence-corrected chi connectivity index (χ0v) is 18.2. The van der Waals surface area contributed by atoms with E-state index in [1.165, 1.54) is 34.5 Å². The number of amides is 1. The average Bonchev–Trinajstić information content (AvgIpc) is 3.50. The number of H-pyrrole nitrogens is 1. The highest BCUT2D eigenvalue weighted by Crippen LogP contribution is 2.24. The smallest absolute Gasteiger partial charge is 0.311 e. The first-order valence-electron chi connectivity index (χ1n) is 9.13. The predicted octanol–water partition coefficient (Wildman–Crippen LogP) is 2.71. The van der Waals surface area contributed by atoms with Crippen LogP contribution in [0.5, 0.6) is 0 Å². The van der Waals surface area contributed by atoms with Crippen LogP contribution in [0.25, 0.3) is 15.3 Å². The van der Waals surface area contributed by atoms with Crippen molar-refractivity contribution in [3.63, 3.8) is 0 Å². The average molecular weight is 456 g/mol. The number of aromatic nitrogens is 3. The summed E-state index contributed by atoms with van der Waals surface area (Å²) >= 11 is 2.61. The Hall–Kier alpha value is -3.57. The molecule has 11 heteroatoms. The molecule has 0 bridgehead atoms. The predicted molar refractivity (Wildman–Crippen MR) is 119 cm³/mol. The Morgan fingerprint density at radius 1 is 1.26 bits per heavy atom. The molecule has 9 nitrogen and oxygen atoms in total. The van der Waals surface area contributed by atoms with Crippen molar-refractivity contribution in [1.82, 2.24) is 20.2 Å². The zero-order chi connectivity index (χ0) is 22.0. The molecular weight excluding hydrogens is 438 g/mol. The molecule has 1 amide bonds. The van der Waals surface area contributed by atoms with E-state index in [2.05, 4.69) is 20.6 Å². The molecule has 4 rings (SSSR count). The van der Waals surface area contributed by atoms with Crippen molar-refractivity contribution >= 4 is 50.5 Å². The highest BCUT2D eigenvalue weighted by atomic mass is 32.1. The van der Waals surface area contributed by atoms with Crippen molar-refractivity contribution in [3.8, 4) is 5.13 Å². The number of esters is 1. The number of hydrogen-bond acceptors (Lipinski definition) is 8. The monoisotopic (exact) mass is 455 g/mol. The maximum Gasteiger partial charge on any atom is 0.311 e. The molecule has 0 saturated heterocycles. The van der Waals surface area contributed by atoms with Crippen LogP contribution in [-0.2, 0) is 16.0 Å². The van der Waals surface area contributed by atoms with Crippen LogP contribution in [0, 0.1) is 0 Å². The first kappa shape index (κ1) is 20.7. The second-order valence-corrected chi connectivity index (χ2v) is 8.40. The van der Waals surface area contributed by atoms with E-state index in [0.717, 1.165) is 10.2 Å². The lowest BCUT2D eigenvalue weighted by molar-refractivity contribution is -0.139. The quantitative estimate of drug-likeness (QED) is 0.263. The fourth-order valence-electron chi connectivity index (χ4n) is 2.94. The summed E-state index contributed by atoms with van der Waals surface area (Å²) in [7, 11) is 1.27. The molecule has 2 N–H and O–H groups in total. The van der Waals surface area contributed by atoms with Crippen LogP contribution < -0.4 is 11.0 Å². The van der Waals surface area contributed by atoms with Crippen LogP contribution in [0.2, 0.25) is 0 Å². The van der Waals surface area contributed by atoms with E-state index >= 15 is 0 Å². The van der Waals surface area contributed by atoms with Crippen molar-refractivity contribution in [1.29, 1.82) is 0 Å². The highest BCUT2D eigenvalue weighted by Gasteiger charge is 2.22. The number of thiophene rings is 1. The molecule has 0 aliphatic rings. The lowest BCUT2D eigenvalue weighted by atomic mass is 10.1. The highest BCUT2D eigenvalue weighted by molar-refractivity contribution is 7.20. The Morgan fingerprint density at radius 3 is 2.77 bits per heavy atom. The fourth-order valence-corrected chi connectivity index (χ4v) is 4.48. The van der Waals surface area contributed by atoms with E-state index in [1.54, 1.807) is 24.4 Å². The minimum atomic E-state index is -0.519. The molecule has 4 aromatic rings. The van der Waals surface area contributed by atoms with E-state index in [-0.39, 0.29) is 23.6 Å². The Morgan fingerprint density at radius 2 is 2.06 bits per heavy atom. The number of hydrogen-bond donors (Lipinski definition) is 2. The Bertz CT molecular complexity index is 1310. The summed E-state index contributed by atoms with van der Waals surface area (Å²) in [4.78, 5) is 42.3. The van der Waals surface area contributed by atoms with Crippen LogP contribution >= 0.6 is 22.7 Å². The molecule has 0 spiro atoms. The number of benzene rings is 1. The van der Waals surface area contributed by atoms with Gasteiger partial charge in [0.25, 0.3) is 11.5 Å². The summed E-state index contributed by atoms with van der Waals surface area (Å²) in [5, 5.41) is 9.23. The lowest BCUT2D eigenvalue weighted by Crippen LogP contribution is -2.23. The van der Waals surface area contributed by atoms with Gasteiger partial charge in [0.05, 0.1) is 45.6 Å². The van der Waals surface area contributed by atoms with Gasteiger partial charge in [-0.2, -0.15) is 9.78 Å². The van der Waals surface area contributed by atoms with Gasteiger partial charge in [-0.05, 0) is 30.5 Å². The summed E-state index contributed by atoms with van der Waals surface area (Å²) in [5.41, 5.74) is 3.53. The number of nitrogens with zero attached hydrogens (tertiary/aromatic N) is 3. The Balaban J connectivity index is 1.74. The van der Waals surface area contributed by atoms with E-state index in [9.17, 15) is 14.4 Å². The van der Waals surface area contributed by atoms with Gasteiger partial charge in [0.15, 0.2) is 0 Å². The van der Waals surface area contributed by atoms with E-state index in [4.69, 9.17) is 4.74 Å². The Labute approximate surface area is 184 Å². The van der Waals surface area contributed by atoms with Crippen LogP contribution in [-0.4, -0.2) is 39.5 Å². The molecule has 1 aromatic carbocycles. The minimum Gasteiger partial charge on any atom is -0.469 e. The number of methoxy groups -OCH3 is 1. The van der Waals surface area contributed by atoms with Crippen LogP contribution in [0.4, 0.5) is 0 Å². The van der Waals surface area contributed by atoms with Gasteiger partial charge >= 0.3 is 5.97 Å². The third kappa shape index (κ3) is 4.18. The number of fused-ring (bicyclic) bond motifs is 1. The van der Waals surface area contributed by atoms with Gasteiger partial charge in [-0.15, -0.1) is 11.3 Å². The molecule has 0 unspecified atom stereocenters. The summed E-state index contributed by atoms with van der Waals surface area (Å²) < 4.78 is 6.94. The summed E-state index contributed by atoms with van der Waals surface area (Å²) in [6.07, 6.45) is -0.162. The molecule has 0 aliphatic carbocycles. The SMILES string of the molecule is COC(=O)Cc1[nH]n(-c2nc3ccccc3s2)c(=O)c1C(C)=NNC(=O)c1cccs1. The number of carbonyl (C=O) groups excluding carboxylic acids is 2. The van der Waals surface area contributed by atoms with E-state index in [1.807, 2.05) is 24.3 Å². The number of nitrogens with one attached hydrogen (secondary N) is 2. The first-order chi connectivity index (χ1) is 15.0. The van der Waals surface area contributed by atoms with E-state index in [0.29, 0.717) is 15.7 Å². The second-order valence-electron chi connectivity index (χ2n) is 6.44. The van der Waals surface area contributed by atoms with Gasteiger partial charge in [0.1, 0.15) is 0 Å². The molecule has 0 fully saturated rings. The van der Waals surface area contributed by atoms with Gasteiger partial charge in [-0.1, -0.05) is 29.5 Å². The van der Waals surface area contributed by atoms with Crippen molar-refractivity contribution < 1.29 is 14.3 Å². The number of para-hydroxylation sites is 1. The Kier molecular flexibility index (Phi) is 5.78. The normalized spacial score (nSPS) is 11.6. The fraction of sp³-hybridized carbons (Fsp3) is 0.150.